The van der Waals surface area contributed by atoms with Crippen LogP contribution in [0.5, 0.6) is 5.75 Å². The molecule has 0 spiro atoms. The van der Waals surface area contributed by atoms with Crippen LogP contribution in [0.15, 0.2) is 48.5 Å². The van der Waals surface area contributed by atoms with Crippen molar-refractivity contribution in [2.75, 3.05) is 6.54 Å². The van der Waals surface area contributed by atoms with Crippen molar-refractivity contribution in [2.45, 2.75) is 39.7 Å². The number of carbonyl (C=O) groups is 1. The molecule has 0 aromatic heterocycles. The number of nitrogens with one attached hydrogen (secondary N) is 1. The van der Waals surface area contributed by atoms with Crippen molar-refractivity contribution in [1.82, 2.24) is 5.32 Å². The largest absolute Gasteiger partial charge is 0.481 e. The van der Waals surface area contributed by atoms with Crippen molar-refractivity contribution >= 4 is 5.91 Å². The van der Waals surface area contributed by atoms with Crippen LogP contribution in [0, 0.1) is 13.8 Å². The Hall–Kier alpha value is -2.29. The molecule has 122 valence electrons. The van der Waals surface area contributed by atoms with Crippen molar-refractivity contribution in [3.8, 4) is 5.75 Å². The van der Waals surface area contributed by atoms with Crippen LogP contribution in [0.4, 0.5) is 0 Å². The van der Waals surface area contributed by atoms with E-state index in [0.717, 1.165) is 18.6 Å². The second-order valence-corrected chi connectivity index (χ2v) is 5.96. The zero-order valence-corrected chi connectivity index (χ0v) is 14.1. The van der Waals surface area contributed by atoms with Gasteiger partial charge >= 0.3 is 0 Å². The summed E-state index contributed by atoms with van der Waals surface area (Å²) in [6.07, 6.45) is 1.40. The molecular formula is C20H25NO2. The van der Waals surface area contributed by atoms with Crippen LogP contribution >= 0.6 is 0 Å². The zero-order chi connectivity index (χ0) is 16.7. The first kappa shape index (κ1) is 17.1. The van der Waals surface area contributed by atoms with Crippen LogP contribution in [0.1, 0.15) is 30.0 Å². The first-order valence-corrected chi connectivity index (χ1v) is 8.11. The van der Waals surface area contributed by atoms with E-state index in [1.165, 1.54) is 16.7 Å². The molecule has 0 bridgehead atoms. The summed E-state index contributed by atoms with van der Waals surface area (Å²) in [5.41, 5.74) is 3.75. The average Bonchev–Trinajstić information content (AvgIpc) is 2.53. The van der Waals surface area contributed by atoms with Gasteiger partial charge in [-0.15, -0.1) is 0 Å². The fraction of sp³-hybridized carbons (Fsp3) is 0.350. The Kier molecular flexibility index (Phi) is 6.21. The van der Waals surface area contributed by atoms with E-state index in [1.54, 1.807) is 6.92 Å². The molecule has 0 aliphatic heterocycles. The van der Waals surface area contributed by atoms with Crippen LogP contribution in [0.25, 0.3) is 0 Å². The summed E-state index contributed by atoms with van der Waals surface area (Å²) < 4.78 is 5.65. The van der Waals surface area contributed by atoms with Crippen LogP contribution in [0.2, 0.25) is 0 Å². The van der Waals surface area contributed by atoms with Gasteiger partial charge < -0.3 is 10.1 Å². The van der Waals surface area contributed by atoms with Gasteiger partial charge in [-0.3, -0.25) is 4.79 Å². The van der Waals surface area contributed by atoms with E-state index in [1.807, 2.05) is 31.2 Å². The molecule has 23 heavy (non-hydrogen) atoms. The summed E-state index contributed by atoms with van der Waals surface area (Å²) in [5.74, 6) is 0.646. The number of benzene rings is 2. The first-order valence-electron chi connectivity index (χ1n) is 8.11. The van der Waals surface area contributed by atoms with E-state index in [0.29, 0.717) is 6.54 Å². The molecule has 0 saturated carbocycles. The average molecular weight is 311 g/mol. The number of rotatable bonds is 7. The Bertz CT molecular complexity index is 634. The van der Waals surface area contributed by atoms with Gasteiger partial charge in [0.15, 0.2) is 6.10 Å². The van der Waals surface area contributed by atoms with E-state index in [4.69, 9.17) is 4.74 Å². The van der Waals surface area contributed by atoms with Crippen molar-refractivity contribution in [2.24, 2.45) is 0 Å². The highest BCUT2D eigenvalue weighted by molar-refractivity contribution is 5.80. The van der Waals surface area contributed by atoms with Gasteiger partial charge in [0.25, 0.3) is 5.91 Å². The molecule has 0 saturated heterocycles. The molecule has 2 aromatic rings. The number of hydrogen-bond donors (Lipinski definition) is 1. The predicted octanol–water partition coefficient (Wildman–Crippen LogP) is 3.82. The molecule has 3 nitrogen and oxygen atoms in total. The highest BCUT2D eigenvalue weighted by atomic mass is 16.5. The maximum absolute atomic E-state index is 12.0. The second-order valence-electron chi connectivity index (χ2n) is 5.96. The van der Waals surface area contributed by atoms with Crippen LogP contribution in [-0.4, -0.2) is 18.6 Å². The number of ether oxygens (including phenoxy) is 1. The van der Waals surface area contributed by atoms with Crippen LogP contribution in [-0.2, 0) is 11.2 Å². The Morgan fingerprint density at radius 1 is 1.09 bits per heavy atom. The standard InChI is InChI=1S/C20H25NO2/c1-15-9-11-19(12-10-15)23-17(3)20(22)21-13-5-8-18-7-4-6-16(2)14-18/h4,6-7,9-12,14,17H,5,8,13H2,1-3H3,(H,21,22). The quantitative estimate of drug-likeness (QED) is 0.789. The van der Waals surface area contributed by atoms with Crippen molar-refractivity contribution < 1.29 is 9.53 Å². The fourth-order valence-electron chi connectivity index (χ4n) is 2.39. The van der Waals surface area contributed by atoms with E-state index in [-0.39, 0.29) is 5.91 Å². The molecule has 1 amide bonds. The van der Waals surface area contributed by atoms with Gasteiger partial charge in [-0.25, -0.2) is 0 Å². The Balaban J connectivity index is 1.70. The van der Waals surface area contributed by atoms with E-state index in [9.17, 15) is 4.79 Å². The maximum atomic E-state index is 12.0. The molecule has 2 rings (SSSR count). The molecule has 1 atom stereocenters. The number of hydrogen-bond acceptors (Lipinski definition) is 2. The fourth-order valence-corrected chi connectivity index (χ4v) is 2.39. The van der Waals surface area contributed by atoms with Gasteiger partial charge in [-0.1, -0.05) is 47.5 Å². The van der Waals surface area contributed by atoms with E-state index in [2.05, 4.69) is 36.5 Å². The van der Waals surface area contributed by atoms with E-state index >= 15 is 0 Å². The Morgan fingerprint density at radius 3 is 2.52 bits per heavy atom. The minimum Gasteiger partial charge on any atom is -0.481 e. The minimum absolute atomic E-state index is 0.0742. The summed E-state index contributed by atoms with van der Waals surface area (Å²) in [4.78, 5) is 12.0. The zero-order valence-electron chi connectivity index (χ0n) is 14.1. The summed E-state index contributed by atoms with van der Waals surface area (Å²) >= 11 is 0. The third-order valence-electron chi connectivity index (χ3n) is 3.73. The lowest BCUT2D eigenvalue weighted by Gasteiger charge is -2.15. The second kappa shape index (κ2) is 8.37. The minimum atomic E-state index is -0.489. The van der Waals surface area contributed by atoms with Crippen molar-refractivity contribution in [1.29, 1.82) is 0 Å². The number of carbonyl (C=O) groups excluding carboxylic acids is 1. The normalized spacial score (nSPS) is 11.8. The molecule has 0 aliphatic rings. The van der Waals surface area contributed by atoms with E-state index < -0.39 is 6.10 Å². The molecule has 0 radical (unpaired) electrons. The number of aryl methyl sites for hydroxylation is 3. The molecule has 1 N–H and O–H groups in total. The Labute approximate surface area is 138 Å². The smallest absolute Gasteiger partial charge is 0.260 e. The van der Waals surface area contributed by atoms with Gasteiger partial charge in [0.1, 0.15) is 5.75 Å². The SMILES string of the molecule is Cc1ccc(OC(C)C(=O)NCCCc2cccc(C)c2)cc1. The maximum Gasteiger partial charge on any atom is 0.260 e. The van der Waals surface area contributed by atoms with Crippen molar-refractivity contribution in [3.63, 3.8) is 0 Å². The number of amides is 1. The summed E-state index contributed by atoms with van der Waals surface area (Å²) in [5, 5.41) is 2.93. The summed E-state index contributed by atoms with van der Waals surface area (Å²) in [6.45, 7) is 6.55. The van der Waals surface area contributed by atoms with Crippen molar-refractivity contribution in [3.05, 3.63) is 65.2 Å². The summed E-state index contributed by atoms with van der Waals surface area (Å²) in [6, 6.07) is 16.2. The monoisotopic (exact) mass is 311 g/mol. The van der Waals surface area contributed by atoms with Gasteiger partial charge in [0.05, 0.1) is 0 Å². The third-order valence-corrected chi connectivity index (χ3v) is 3.73. The molecule has 0 aliphatic carbocycles. The lowest BCUT2D eigenvalue weighted by molar-refractivity contribution is -0.127. The summed E-state index contributed by atoms with van der Waals surface area (Å²) in [7, 11) is 0. The third kappa shape index (κ3) is 5.78. The predicted molar refractivity (Wildman–Crippen MR) is 93.8 cm³/mol. The topological polar surface area (TPSA) is 38.3 Å². The molecule has 2 aromatic carbocycles. The van der Waals surface area contributed by atoms with Gasteiger partial charge in [0.2, 0.25) is 0 Å². The highest BCUT2D eigenvalue weighted by Crippen LogP contribution is 2.13. The van der Waals surface area contributed by atoms with Crippen LogP contribution in [0.3, 0.4) is 0 Å². The highest BCUT2D eigenvalue weighted by Gasteiger charge is 2.13. The van der Waals surface area contributed by atoms with Gasteiger partial charge in [-0.05, 0) is 51.3 Å². The molecular weight excluding hydrogens is 286 g/mol. The lowest BCUT2D eigenvalue weighted by Crippen LogP contribution is -2.36. The van der Waals surface area contributed by atoms with Gasteiger partial charge in [0, 0.05) is 6.54 Å². The lowest BCUT2D eigenvalue weighted by atomic mass is 10.1. The molecule has 0 heterocycles. The molecule has 1 unspecified atom stereocenters. The first-order chi connectivity index (χ1) is 11.0. The van der Waals surface area contributed by atoms with Gasteiger partial charge in [-0.2, -0.15) is 0 Å². The van der Waals surface area contributed by atoms with Crippen LogP contribution < -0.4 is 10.1 Å². The Morgan fingerprint density at radius 2 is 1.83 bits per heavy atom. The molecule has 3 heteroatoms. The molecule has 0 fully saturated rings.